The average Bonchev–Trinajstić information content (AvgIpc) is 2.42. The van der Waals surface area contributed by atoms with Crippen LogP contribution in [-0.4, -0.2) is 5.91 Å². The normalized spacial score (nSPS) is 10.5. The lowest BCUT2D eigenvalue weighted by Crippen LogP contribution is -2.15. The van der Waals surface area contributed by atoms with Crippen molar-refractivity contribution in [2.75, 3.05) is 11.1 Å². The maximum Gasteiger partial charge on any atom is 0.250 e. The van der Waals surface area contributed by atoms with Crippen molar-refractivity contribution in [1.82, 2.24) is 0 Å². The van der Waals surface area contributed by atoms with E-state index >= 15 is 0 Å². The van der Waals surface area contributed by atoms with Gasteiger partial charge in [0.25, 0.3) is 5.91 Å². The summed E-state index contributed by atoms with van der Waals surface area (Å²) in [5.41, 5.74) is 9.08. The third-order valence-corrected chi connectivity index (χ3v) is 2.72. The molecular weight excluding hydrogens is 290 g/mol. The fraction of sp³-hybridized carbons (Fsp3) is 0. The lowest BCUT2D eigenvalue weighted by molar-refractivity contribution is 0.100. The topological polar surface area (TPSA) is 81.1 Å². The molecule has 8 heteroatoms. The van der Waals surface area contributed by atoms with Crippen molar-refractivity contribution < 1.29 is 22.4 Å². The molecule has 21 heavy (non-hydrogen) atoms. The van der Waals surface area contributed by atoms with E-state index in [9.17, 15) is 22.4 Å². The van der Waals surface area contributed by atoms with Crippen LogP contribution in [0, 0.1) is 23.3 Å². The molecular formula is C13H9F4N3O. The smallest absolute Gasteiger partial charge is 0.250 e. The number of benzene rings is 2. The highest BCUT2D eigenvalue weighted by molar-refractivity contribution is 6.02. The van der Waals surface area contributed by atoms with Gasteiger partial charge in [0.2, 0.25) is 0 Å². The van der Waals surface area contributed by atoms with Gasteiger partial charge in [-0.1, -0.05) is 6.07 Å². The average molecular weight is 299 g/mol. The molecule has 110 valence electrons. The summed E-state index contributed by atoms with van der Waals surface area (Å²) in [7, 11) is 0. The third kappa shape index (κ3) is 2.60. The summed E-state index contributed by atoms with van der Waals surface area (Å²) in [6.07, 6.45) is 0. The van der Waals surface area contributed by atoms with Gasteiger partial charge in [0.1, 0.15) is 5.69 Å². The van der Waals surface area contributed by atoms with Crippen molar-refractivity contribution in [1.29, 1.82) is 0 Å². The lowest BCUT2D eigenvalue weighted by atomic mass is 10.1. The molecule has 0 aliphatic carbocycles. The third-order valence-electron chi connectivity index (χ3n) is 2.72. The van der Waals surface area contributed by atoms with Gasteiger partial charge in [0, 0.05) is 6.07 Å². The molecule has 4 nitrogen and oxygen atoms in total. The van der Waals surface area contributed by atoms with E-state index in [1.165, 1.54) is 18.2 Å². The number of rotatable bonds is 3. The predicted octanol–water partition coefficient (Wildman–Crippen LogP) is 2.67. The number of nitrogens with two attached hydrogens (primary N) is 2. The Morgan fingerprint density at radius 2 is 1.57 bits per heavy atom. The molecule has 0 aromatic heterocycles. The number of para-hydroxylation sites is 1. The lowest BCUT2D eigenvalue weighted by Gasteiger charge is -2.14. The first-order valence-electron chi connectivity index (χ1n) is 5.61. The molecule has 0 heterocycles. The number of primary amides is 1. The molecule has 5 N–H and O–H groups in total. The van der Waals surface area contributed by atoms with Gasteiger partial charge in [0.05, 0.1) is 16.9 Å². The molecule has 0 radical (unpaired) electrons. The number of carbonyl (C=O) groups is 1. The minimum atomic E-state index is -1.65. The number of nitrogen functional groups attached to an aromatic ring is 1. The summed E-state index contributed by atoms with van der Waals surface area (Å²) in [6.45, 7) is 0. The first-order chi connectivity index (χ1) is 9.82. The number of hydrogen-bond donors (Lipinski definition) is 3. The number of carbonyl (C=O) groups excluding carboxylic acids is 1. The molecule has 2 aromatic carbocycles. The van der Waals surface area contributed by atoms with Crippen molar-refractivity contribution in [3.63, 3.8) is 0 Å². The van der Waals surface area contributed by atoms with Crippen molar-refractivity contribution >= 4 is 23.0 Å². The first kappa shape index (κ1) is 14.6. The summed E-state index contributed by atoms with van der Waals surface area (Å²) in [5.74, 6) is -7.40. The van der Waals surface area contributed by atoms with Crippen LogP contribution in [0.15, 0.2) is 24.3 Å². The molecule has 2 aromatic rings. The Morgan fingerprint density at radius 1 is 1.00 bits per heavy atom. The van der Waals surface area contributed by atoms with Crippen LogP contribution in [0.4, 0.5) is 34.6 Å². The van der Waals surface area contributed by atoms with Crippen molar-refractivity contribution in [2.45, 2.75) is 0 Å². The Kier molecular flexibility index (Phi) is 3.70. The second kappa shape index (κ2) is 5.31. The molecule has 1 amide bonds. The Labute approximate surface area is 116 Å². The van der Waals surface area contributed by atoms with E-state index in [2.05, 4.69) is 5.32 Å². The molecule has 0 atom stereocenters. The Balaban J connectivity index is 2.61. The van der Waals surface area contributed by atoms with E-state index in [0.29, 0.717) is 0 Å². The van der Waals surface area contributed by atoms with Crippen LogP contribution >= 0.6 is 0 Å². The molecule has 0 saturated carbocycles. The second-order valence-corrected chi connectivity index (χ2v) is 4.10. The highest BCUT2D eigenvalue weighted by atomic mass is 19.2. The number of nitrogens with one attached hydrogen (secondary N) is 1. The summed E-state index contributed by atoms with van der Waals surface area (Å²) in [5, 5.41) is 2.08. The molecule has 0 fully saturated rings. The van der Waals surface area contributed by atoms with E-state index in [-0.39, 0.29) is 23.0 Å². The van der Waals surface area contributed by atoms with E-state index in [1.807, 2.05) is 0 Å². The van der Waals surface area contributed by atoms with Gasteiger partial charge in [-0.05, 0) is 12.1 Å². The summed E-state index contributed by atoms with van der Waals surface area (Å²) >= 11 is 0. The zero-order valence-electron chi connectivity index (χ0n) is 10.4. The van der Waals surface area contributed by atoms with Gasteiger partial charge in [-0.25, -0.2) is 17.6 Å². The van der Waals surface area contributed by atoms with Crippen LogP contribution in [0.3, 0.4) is 0 Å². The highest BCUT2D eigenvalue weighted by Crippen LogP contribution is 2.32. The number of anilines is 3. The summed E-state index contributed by atoms with van der Waals surface area (Å²) in [6, 6.07) is 4.02. The minimum absolute atomic E-state index is 0.0686. The van der Waals surface area contributed by atoms with Crippen LogP contribution in [0.2, 0.25) is 0 Å². The van der Waals surface area contributed by atoms with Gasteiger partial charge in [-0.3, -0.25) is 4.79 Å². The highest BCUT2D eigenvalue weighted by Gasteiger charge is 2.21. The molecule has 0 spiro atoms. The van der Waals surface area contributed by atoms with Crippen molar-refractivity contribution in [3.05, 3.63) is 53.1 Å². The molecule has 0 unspecified atom stereocenters. The Hall–Kier alpha value is -2.77. The number of amides is 1. The first-order valence-corrected chi connectivity index (χ1v) is 5.61. The van der Waals surface area contributed by atoms with Gasteiger partial charge in [0.15, 0.2) is 23.3 Å². The van der Waals surface area contributed by atoms with Gasteiger partial charge < -0.3 is 16.8 Å². The SMILES string of the molecule is NC(=O)c1cccc(N)c1Nc1c(F)c(F)cc(F)c1F. The van der Waals surface area contributed by atoms with E-state index < -0.39 is 34.9 Å². The number of hydrogen-bond acceptors (Lipinski definition) is 3. The predicted molar refractivity (Wildman–Crippen MR) is 68.9 cm³/mol. The monoisotopic (exact) mass is 299 g/mol. The fourth-order valence-corrected chi connectivity index (χ4v) is 1.72. The largest absolute Gasteiger partial charge is 0.397 e. The Bertz CT molecular complexity index is 708. The summed E-state index contributed by atoms with van der Waals surface area (Å²) < 4.78 is 53.5. The standard InChI is InChI=1S/C13H9F4N3O/c14-6-4-7(15)10(17)12(9(6)16)20-11-5(13(19)21)2-1-3-8(11)18/h1-4,20H,18H2,(H2,19,21). The summed E-state index contributed by atoms with van der Waals surface area (Å²) in [4.78, 5) is 11.3. The molecule has 0 aliphatic heterocycles. The van der Waals surface area contributed by atoms with Crippen LogP contribution in [0.5, 0.6) is 0 Å². The van der Waals surface area contributed by atoms with E-state index in [4.69, 9.17) is 11.5 Å². The Morgan fingerprint density at radius 3 is 2.10 bits per heavy atom. The van der Waals surface area contributed by atoms with E-state index in [1.54, 1.807) is 0 Å². The zero-order chi connectivity index (χ0) is 15.7. The second-order valence-electron chi connectivity index (χ2n) is 4.10. The van der Waals surface area contributed by atoms with Crippen LogP contribution in [-0.2, 0) is 0 Å². The van der Waals surface area contributed by atoms with Crippen molar-refractivity contribution in [3.8, 4) is 0 Å². The molecule has 2 rings (SSSR count). The molecule has 0 bridgehead atoms. The van der Waals surface area contributed by atoms with Gasteiger partial charge >= 0.3 is 0 Å². The van der Waals surface area contributed by atoms with Crippen LogP contribution in [0.25, 0.3) is 0 Å². The van der Waals surface area contributed by atoms with Crippen LogP contribution in [0.1, 0.15) is 10.4 Å². The van der Waals surface area contributed by atoms with Gasteiger partial charge in [-0.2, -0.15) is 0 Å². The van der Waals surface area contributed by atoms with E-state index in [0.717, 1.165) is 0 Å². The maximum atomic E-state index is 13.6. The number of halogens is 4. The fourth-order valence-electron chi connectivity index (χ4n) is 1.72. The minimum Gasteiger partial charge on any atom is -0.397 e. The van der Waals surface area contributed by atoms with Gasteiger partial charge in [-0.15, -0.1) is 0 Å². The van der Waals surface area contributed by atoms with Crippen molar-refractivity contribution in [2.24, 2.45) is 5.73 Å². The zero-order valence-corrected chi connectivity index (χ0v) is 10.4. The molecule has 0 saturated heterocycles. The maximum absolute atomic E-state index is 13.6. The molecule has 0 aliphatic rings. The quantitative estimate of drug-likeness (QED) is 0.463. The van der Waals surface area contributed by atoms with Crippen LogP contribution < -0.4 is 16.8 Å².